The van der Waals surface area contributed by atoms with Crippen LogP contribution in [0.1, 0.15) is 19.8 Å². The van der Waals surface area contributed by atoms with Crippen molar-refractivity contribution in [3.05, 3.63) is 21.0 Å². The minimum atomic E-state index is -4.50. The first-order valence-electron chi connectivity index (χ1n) is 5.94. The number of aromatic nitrogens is 2. The first-order valence-corrected chi connectivity index (χ1v) is 6.73. The Kier molecular flexibility index (Phi) is 6.00. The monoisotopic (exact) mass is 357 g/mol. The molecule has 0 amide bonds. The van der Waals surface area contributed by atoms with Crippen molar-refractivity contribution in [2.75, 3.05) is 11.9 Å². The van der Waals surface area contributed by atoms with Crippen molar-refractivity contribution in [3.63, 3.8) is 0 Å². The molecule has 0 saturated carbocycles. The third-order valence-electron chi connectivity index (χ3n) is 2.51. The van der Waals surface area contributed by atoms with E-state index >= 15 is 0 Å². The number of nitrogens with zero attached hydrogens (tertiary/aromatic N) is 2. The molecule has 0 saturated heterocycles. The minimum Gasteiger partial charge on any atom is -0.396 e. The van der Waals surface area contributed by atoms with Crippen LogP contribution in [-0.4, -0.2) is 33.7 Å². The Balaban J connectivity index is 2.86. The van der Waals surface area contributed by atoms with E-state index < -0.39 is 18.3 Å². The van der Waals surface area contributed by atoms with Gasteiger partial charge < -0.3 is 10.4 Å². The molecular formula is C11H15BrF3N3O2. The molecule has 0 bridgehead atoms. The van der Waals surface area contributed by atoms with Gasteiger partial charge in [-0.3, -0.25) is 4.79 Å². The highest BCUT2D eigenvalue weighted by molar-refractivity contribution is 9.10. The Labute approximate surface area is 121 Å². The van der Waals surface area contributed by atoms with E-state index in [1.54, 1.807) is 0 Å². The van der Waals surface area contributed by atoms with Crippen LogP contribution in [0.15, 0.2) is 15.5 Å². The largest absolute Gasteiger partial charge is 0.408 e. The third kappa shape index (κ3) is 5.12. The third-order valence-corrected chi connectivity index (χ3v) is 3.28. The predicted molar refractivity (Wildman–Crippen MR) is 71.7 cm³/mol. The minimum absolute atomic E-state index is 0.00704. The number of halogens is 4. The van der Waals surface area contributed by atoms with E-state index in [1.807, 2.05) is 6.92 Å². The van der Waals surface area contributed by atoms with Crippen molar-refractivity contribution >= 4 is 21.6 Å². The Hall–Kier alpha value is -1.09. The summed E-state index contributed by atoms with van der Waals surface area (Å²) >= 11 is 2.98. The average Bonchev–Trinajstić information content (AvgIpc) is 2.34. The molecule has 0 spiro atoms. The summed E-state index contributed by atoms with van der Waals surface area (Å²) in [5.41, 5.74) is -0.513. The van der Waals surface area contributed by atoms with E-state index in [1.165, 1.54) is 6.20 Å². The Bertz CT molecular complexity index is 505. The maximum absolute atomic E-state index is 12.2. The van der Waals surface area contributed by atoms with Crippen molar-refractivity contribution in [1.82, 2.24) is 9.78 Å². The molecule has 114 valence electrons. The molecule has 0 aliphatic carbocycles. The summed E-state index contributed by atoms with van der Waals surface area (Å²) in [4.78, 5) is 11.7. The molecule has 2 N–H and O–H groups in total. The summed E-state index contributed by atoms with van der Waals surface area (Å²) in [6, 6.07) is -0.0434. The molecule has 0 fully saturated rings. The van der Waals surface area contributed by atoms with Crippen LogP contribution in [0, 0.1) is 0 Å². The molecule has 0 aliphatic heterocycles. The molecule has 5 nitrogen and oxygen atoms in total. The molecule has 1 aromatic heterocycles. The van der Waals surface area contributed by atoms with Gasteiger partial charge in [0.1, 0.15) is 11.0 Å². The van der Waals surface area contributed by atoms with Crippen LogP contribution >= 0.6 is 15.9 Å². The summed E-state index contributed by atoms with van der Waals surface area (Å²) in [7, 11) is 0. The summed E-state index contributed by atoms with van der Waals surface area (Å²) < 4.78 is 37.1. The second kappa shape index (κ2) is 7.07. The van der Waals surface area contributed by atoms with Crippen LogP contribution in [-0.2, 0) is 6.54 Å². The molecule has 1 atom stereocenters. The predicted octanol–water partition coefficient (Wildman–Crippen LogP) is 2.14. The molecule has 1 rings (SSSR count). The lowest BCUT2D eigenvalue weighted by molar-refractivity contribution is -0.143. The van der Waals surface area contributed by atoms with Crippen molar-refractivity contribution in [2.45, 2.75) is 38.5 Å². The topological polar surface area (TPSA) is 67.2 Å². The van der Waals surface area contributed by atoms with Gasteiger partial charge in [-0.1, -0.05) is 0 Å². The van der Waals surface area contributed by atoms with Gasteiger partial charge in [0.05, 0.1) is 11.9 Å². The summed E-state index contributed by atoms with van der Waals surface area (Å²) in [6.07, 6.45) is -2.08. The van der Waals surface area contributed by atoms with Crippen molar-refractivity contribution in [1.29, 1.82) is 0 Å². The Morgan fingerprint density at radius 1 is 1.55 bits per heavy atom. The van der Waals surface area contributed by atoms with Gasteiger partial charge in [-0.2, -0.15) is 18.3 Å². The zero-order chi connectivity index (χ0) is 15.3. The maximum atomic E-state index is 12.2. The smallest absolute Gasteiger partial charge is 0.396 e. The Morgan fingerprint density at radius 3 is 2.75 bits per heavy atom. The maximum Gasteiger partial charge on any atom is 0.408 e. The molecule has 0 aromatic carbocycles. The van der Waals surface area contributed by atoms with Crippen LogP contribution in [0.3, 0.4) is 0 Å². The van der Waals surface area contributed by atoms with Crippen LogP contribution in [0.25, 0.3) is 0 Å². The first kappa shape index (κ1) is 17.0. The van der Waals surface area contributed by atoms with Crippen molar-refractivity contribution < 1.29 is 18.3 Å². The normalized spacial score (nSPS) is 13.3. The van der Waals surface area contributed by atoms with E-state index in [2.05, 4.69) is 26.3 Å². The number of aliphatic hydroxyl groups is 1. The van der Waals surface area contributed by atoms with Crippen LogP contribution in [0.2, 0.25) is 0 Å². The van der Waals surface area contributed by atoms with Crippen molar-refractivity contribution in [3.8, 4) is 0 Å². The number of nitrogens with one attached hydrogen (secondary N) is 1. The number of anilines is 1. The van der Waals surface area contributed by atoms with Gasteiger partial charge in [-0.15, -0.1) is 0 Å². The van der Waals surface area contributed by atoms with Gasteiger partial charge in [0.25, 0.3) is 5.56 Å². The highest BCUT2D eigenvalue weighted by Crippen LogP contribution is 2.20. The van der Waals surface area contributed by atoms with Crippen LogP contribution < -0.4 is 10.9 Å². The van der Waals surface area contributed by atoms with E-state index in [-0.39, 0.29) is 17.1 Å². The highest BCUT2D eigenvalue weighted by atomic mass is 79.9. The lowest BCUT2D eigenvalue weighted by Gasteiger charge is -2.16. The molecule has 0 radical (unpaired) electrons. The van der Waals surface area contributed by atoms with Gasteiger partial charge in [-0.05, 0) is 35.7 Å². The van der Waals surface area contributed by atoms with Crippen molar-refractivity contribution in [2.24, 2.45) is 0 Å². The molecule has 1 aromatic rings. The summed E-state index contributed by atoms with van der Waals surface area (Å²) in [5, 5.41) is 15.2. The second-order valence-corrected chi connectivity index (χ2v) is 5.15. The molecule has 9 heteroatoms. The highest BCUT2D eigenvalue weighted by Gasteiger charge is 2.29. The van der Waals surface area contributed by atoms with E-state index in [0.29, 0.717) is 23.2 Å². The zero-order valence-corrected chi connectivity index (χ0v) is 12.3. The summed E-state index contributed by atoms with van der Waals surface area (Å²) in [6.45, 7) is 0.465. The zero-order valence-electron chi connectivity index (χ0n) is 10.7. The summed E-state index contributed by atoms with van der Waals surface area (Å²) in [5.74, 6) is 0. The number of hydrogen-bond acceptors (Lipinski definition) is 4. The number of hydrogen-bond donors (Lipinski definition) is 2. The quantitative estimate of drug-likeness (QED) is 0.818. The first-order chi connectivity index (χ1) is 9.24. The van der Waals surface area contributed by atoms with Gasteiger partial charge in [-0.25, -0.2) is 4.68 Å². The fourth-order valence-electron chi connectivity index (χ4n) is 1.58. The fraction of sp³-hybridized carbons (Fsp3) is 0.636. The lowest BCUT2D eigenvalue weighted by atomic mass is 10.2. The standard InChI is InChI=1S/C11H15BrF3N3O2/c1-7(3-2-4-19)17-8-5-16-18(6-11(13,14)15)10(20)9(8)12/h5,7,17,19H,2-4,6H2,1H3. The fourth-order valence-corrected chi connectivity index (χ4v) is 2.00. The van der Waals surface area contributed by atoms with Crippen LogP contribution in [0.4, 0.5) is 18.9 Å². The second-order valence-electron chi connectivity index (χ2n) is 4.36. The number of alkyl halides is 3. The molecule has 1 unspecified atom stereocenters. The SMILES string of the molecule is CC(CCCO)Nc1cnn(CC(F)(F)F)c(=O)c1Br. The molecule has 20 heavy (non-hydrogen) atoms. The van der Waals surface area contributed by atoms with E-state index in [9.17, 15) is 18.0 Å². The van der Waals surface area contributed by atoms with Gasteiger partial charge >= 0.3 is 6.18 Å². The van der Waals surface area contributed by atoms with E-state index in [4.69, 9.17) is 5.11 Å². The van der Waals surface area contributed by atoms with Gasteiger partial charge in [0.15, 0.2) is 0 Å². The van der Waals surface area contributed by atoms with Crippen LogP contribution in [0.5, 0.6) is 0 Å². The Morgan fingerprint density at radius 2 is 2.20 bits per heavy atom. The van der Waals surface area contributed by atoms with E-state index in [0.717, 1.165) is 0 Å². The van der Waals surface area contributed by atoms with Gasteiger partial charge in [0, 0.05) is 12.6 Å². The van der Waals surface area contributed by atoms with Gasteiger partial charge in [0.2, 0.25) is 0 Å². The lowest BCUT2D eigenvalue weighted by Crippen LogP contribution is -2.31. The average molecular weight is 358 g/mol. The molecule has 1 heterocycles. The number of aliphatic hydroxyl groups excluding tert-OH is 1. The number of rotatable bonds is 6. The molecule has 0 aliphatic rings. The molecular weight excluding hydrogens is 343 g/mol.